The van der Waals surface area contributed by atoms with Gasteiger partial charge in [0.25, 0.3) is 0 Å². The molecular formula is C19H19IN2O2. The molecule has 1 heterocycles. The minimum atomic E-state index is 0.767. The van der Waals surface area contributed by atoms with E-state index in [0.717, 1.165) is 38.4 Å². The van der Waals surface area contributed by atoms with E-state index in [9.17, 15) is 0 Å². The van der Waals surface area contributed by atoms with Gasteiger partial charge >= 0.3 is 0 Å². The Morgan fingerprint density at radius 1 is 1.04 bits per heavy atom. The second kappa shape index (κ2) is 7.25. The van der Waals surface area contributed by atoms with E-state index in [1.165, 1.54) is 5.56 Å². The number of hydrogen-bond donors (Lipinski definition) is 0. The second-order valence-electron chi connectivity index (χ2n) is 5.30. The van der Waals surface area contributed by atoms with Crippen LogP contribution in [0.3, 0.4) is 0 Å². The van der Waals surface area contributed by atoms with Crippen LogP contribution in [0.15, 0.2) is 48.7 Å². The van der Waals surface area contributed by atoms with Gasteiger partial charge in [-0.05, 0) is 52.8 Å². The molecule has 0 spiro atoms. The van der Waals surface area contributed by atoms with Crippen molar-refractivity contribution in [1.29, 1.82) is 0 Å². The minimum Gasteiger partial charge on any atom is -0.496 e. The van der Waals surface area contributed by atoms with Gasteiger partial charge in [-0.15, -0.1) is 0 Å². The van der Waals surface area contributed by atoms with Gasteiger partial charge in [-0.2, -0.15) is 5.10 Å². The van der Waals surface area contributed by atoms with Crippen molar-refractivity contribution < 1.29 is 9.47 Å². The smallest absolute Gasteiger partial charge is 0.135 e. The van der Waals surface area contributed by atoms with E-state index in [-0.39, 0.29) is 0 Å². The summed E-state index contributed by atoms with van der Waals surface area (Å²) in [6.07, 6.45) is 2.77. The summed E-state index contributed by atoms with van der Waals surface area (Å²) in [7, 11) is 3.34. The van der Waals surface area contributed by atoms with E-state index in [1.807, 2.05) is 29.1 Å². The monoisotopic (exact) mass is 434 g/mol. The number of methoxy groups -OCH3 is 2. The number of nitrogens with zero attached hydrogens (tertiary/aromatic N) is 2. The Hall–Kier alpha value is -2.02. The van der Waals surface area contributed by atoms with Crippen molar-refractivity contribution >= 4 is 22.6 Å². The molecule has 0 saturated heterocycles. The van der Waals surface area contributed by atoms with Crippen LogP contribution >= 0.6 is 22.6 Å². The van der Waals surface area contributed by atoms with Gasteiger partial charge in [-0.25, -0.2) is 4.68 Å². The molecule has 0 N–H and O–H groups in total. The predicted octanol–water partition coefficient (Wildman–Crippen LogP) is 4.72. The van der Waals surface area contributed by atoms with Gasteiger partial charge in [-0.1, -0.05) is 25.1 Å². The SMILES string of the molecule is CCc1ccccc1-n1nccc1-c1cc(I)c(OC)cc1OC. The topological polar surface area (TPSA) is 36.3 Å². The van der Waals surface area contributed by atoms with Crippen LogP contribution in [-0.4, -0.2) is 24.0 Å². The lowest BCUT2D eigenvalue weighted by Crippen LogP contribution is -2.04. The first-order chi connectivity index (χ1) is 11.7. The number of para-hydroxylation sites is 1. The van der Waals surface area contributed by atoms with Crippen LogP contribution in [0.2, 0.25) is 0 Å². The molecule has 0 aliphatic heterocycles. The van der Waals surface area contributed by atoms with E-state index >= 15 is 0 Å². The zero-order chi connectivity index (χ0) is 17.1. The maximum absolute atomic E-state index is 5.59. The van der Waals surface area contributed by atoms with Gasteiger partial charge in [0.05, 0.1) is 35.4 Å². The molecule has 0 radical (unpaired) electrons. The molecule has 0 bridgehead atoms. The van der Waals surface area contributed by atoms with Crippen LogP contribution in [0, 0.1) is 3.57 Å². The summed E-state index contributed by atoms with van der Waals surface area (Å²) in [4.78, 5) is 0. The molecule has 5 heteroatoms. The summed E-state index contributed by atoms with van der Waals surface area (Å²) in [5, 5.41) is 4.55. The van der Waals surface area contributed by atoms with Gasteiger partial charge in [-0.3, -0.25) is 0 Å². The molecule has 0 atom stereocenters. The van der Waals surface area contributed by atoms with E-state index in [1.54, 1.807) is 14.2 Å². The Morgan fingerprint density at radius 2 is 1.79 bits per heavy atom. The lowest BCUT2D eigenvalue weighted by atomic mass is 10.1. The second-order valence-corrected chi connectivity index (χ2v) is 6.46. The average molecular weight is 434 g/mol. The average Bonchev–Trinajstić information content (AvgIpc) is 3.10. The summed E-state index contributed by atoms with van der Waals surface area (Å²) in [6.45, 7) is 2.15. The number of rotatable bonds is 5. The highest BCUT2D eigenvalue weighted by molar-refractivity contribution is 14.1. The lowest BCUT2D eigenvalue weighted by molar-refractivity contribution is 0.393. The van der Waals surface area contributed by atoms with Crippen LogP contribution in [0.5, 0.6) is 11.5 Å². The Kier molecular flexibility index (Phi) is 5.08. The normalized spacial score (nSPS) is 10.7. The molecule has 0 saturated carbocycles. The third-order valence-electron chi connectivity index (χ3n) is 3.99. The third kappa shape index (κ3) is 3.00. The van der Waals surface area contributed by atoms with Gasteiger partial charge in [0.15, 0.2) is 0 Å². The maximum atomic E-state index is 5.59. The summed E-state index contributed by atoms with van der Waals surface area (Å²) in [5.41, 5.74) is 4.33. The molecule has 0 unspecified atom stereocenters. The van der Waals surface area contributed by atoms with E-state index in [4.69, 9.17) is 9.47 Å². The molecule has 0 amide bonds. The zero-order valence-corrected chi connectivity index (χ0v) is 16.1. The predicted molar refractivity (Wildman–Crippen MR) is 104 cm³/mol. The van der Waals surface area contributed by atoms with Crippen LogP contribution in [0.4, 0.5) is 0 Å². The summed E-state index contributed by atoms with van der Waals surface area (Å²) >= 11 is 2.27. The van der Waals surface area contributed by atoms with Crippen molar-refractivity contribution in [2.24, 2.45) is 0 Å². The molecule has 1 aromatic heterocycles. The highest BCUT2D eigenvalue weighted by atomic mass is 127. The molecule has 3 aromatic rings. The molecule has 0 fully saturated rings. The quantitative estimate of drug-likeness (QED) is 0.546. The van der Waals surface area contributed by atoms with E-state index in [2.05, 4.69) is 58.9 Å². The minimum absolute atomic E-state index is 0.767. The Balaban J connectivity index is 2.20. The van der Waals surface area contributed by atoms with Crippen molar-refractivity contribution in [2.45, 2.75) is 13.3 Å². The molecule has 24 heavy (non-hydrogen) atoms. The summed E-state index contributed by atoms with van der Waals surface area (Å²) in [5.74, 6) is 1.57. The Labute approximate surface area is 155 Å². The van der Waals surface area contributed by atoms with Crippen molar-refractivity contribution in [3.8, 4) is 28.4 Å². The van der Waals surface area contributed by atoms with E-state index in [0.29, 0.717) is 0 Å². The number of aryl methyl sites for hydroxylation is 1. The highest BCUT2D eigenvalue weighted by Gasteiger charge is 2.16. The van der Waals surface area contributed by atoms with Crippen LogP contribution < -0.4 is 9.47 Å². The van der Waals surface area contributed by atoms with Crippen molar-refractivity contribution in [1.82, 2.24) is 9.78 Å². The molecular weight excluding hydrogens is 415 g/mol. The number of hydrogen-bond acceptors (Lipinski definition) is 3. The fraction of sp³-hybridized carbons (Fsp3) is 0.211. The first-order valence-electron chi connectivity index (χ1n) is 7.73. The largest absolute Gasteiger partial charge is 0.496 e. The summed E-state index contributed by atoms with van der Waals surface area (Å²) < 4.78 is 14.0. The zero-order valence-electron chi connectivity index (χ0n) is 13.9. The first kappa shape index (κ1) is 16.8. The van der Waals surface area contributed by atoms with Gasteiger partial charge in [0.1, 0.15) is 11.5 Å². The van der Waals surface area contributed by atoms with Crippen LogP contribution in [0.25, 0.3) is 16.9 Å². The van der Waals surface area contributed by atoms with Crippen molar-refractivity contribution in [3.63, 3.8) is 0 Å². The van der Waals surface area contributed by atoms with Gasteiger partial charge in [0.2, 0.25) is 0 Å². The van der Waals surface area contributed by atoms with Crippen LogP contribution in [-0.2, 0) is 6.42 Å². The Morgan fingerprint density at radius 3 is 2.50 bits per heavy atom. The van der Waals surface area contributed by atoms with Crippen molar-refractivity contribution in [2.75, 3.05) is 14.2 Å². The number of halogens is 1. The fourth-order valence-electron chi connectivity index (χ4n) is 2.78. The molecule has 4 nitrogen and oxygen atoms in total. The highest BCUT2D eigenvalue weighted by Crippen LogP contribution is 2.37. The fourth-order valence-corrected chi connectivity index (χ4v) is 3.46. The molecule has 124 valence electrons. The summed E-state index contributed by atoms with van der Waals surface area (Å²) in [6, 6.07) is 14.3. The van der Waals surface area contributed by atoms with Crippen LogP contribution in [0.1, 0.15) is 12.5 Å². The standard InChI is InChI=1S/C19H19IN2O2/c1-4-13-7-5-6-8-16(13)22-17(9-10-21-22)14-11-15(20)19(24-3)12-18(14)23-2/h5-12H,4H2,1-3H3. The molecule has 3 rings (SSSR count). The number of benzene rings is 2. The number of ether oxygens (including phenoxy) is 2. The van der Waals surface area contributed by atoms with E-state index < -0.39 is 0 Å². The molecule has 0 aliphatic carbocycles. The first-order valence-corrected chi connectivity index (χ1v) is 8.81. The van der Waals surface area contributed by atoms with Gasteiger partial charge in [0, 0.05) is 11.6 Å². The maximum Gasteiger partial charge on any atom is 0.135 e. The Bertz CT molecular complexity index is 858. The molecule has 0 aliphatic rings. The molecule has 2 aromatic carbocycles. The number of aromatic nitrogens is 2. The third-order valence-corrected chi connectivity index (χ3v) is 4.84. The lowest BCUT2D eigenvalue weighted by Gasteiger charge is -2.15. The van der Waals surface area contributed by atoms with Crippen molar-refractivity contribution in [3.05, 3.63) is 57.8 Å². The van der Waals surface area contributed by atoms with Gasteiger partial charge < -0.3 is 9.47 Å².